The van der Waals surface area contributed by atoms with Gasteiger partial charge < -0.3 is 11.1 Å². The summed E-state index contributed by atoms with van der Waals surface area (Å²) in [6.07, 6.45) is 0. The summed E-state index contributed by atoms with van der Waals surface area (Å²) in [6, 6.07) is 10.4. The third kappa shape index (κ3) is 4.81. The second kappa shape index (κ2) is 7.40. The van der Waals surface area contributed by atoms with Gasteiger partial charge in [-0.15, -0.1) is 11.8 Å². The number of thioether (sulfide) groups is 1. The van der Waals surface area contributed by atoms with Crippen molar-refractivity contribution in [3.63, 3.8) is 0 Å². The van der Waals surface area contributed by atoms with Crippen LogP contribution in [0.25, 0.3) is 0 Å². The highest BCUT2D eigenvalue weighted by Gasteiger charge is 2.09. The van der Waals surface area contributed by atoms with Crippen LogP contribution < -0.4 is 11.1 Å². The molecule has 0 unspecified atom stereocenters. The van der Waals surface area contributed by atoms with Crippen molar-refractivity contribution in [2.24, 2.45) is 0 Å². The van der Waals surface area contributed by atoms with Crippen LogP contribution in [0.5, 0.6) is 0 Å². The minimum absolute atomic E-state index is 0.159. The highest BCUT2D eigenvalue weighted by molar-refractivity contribution is 9.10. The fourth-order valence-corrected chi connectivity index (χ4v) is 3.35. The van der Waals surface area contributed by atoms with Gasteiger partial charge in [-0.1, -0.05) is 23.2 Å². The van der Waals surface area contributed by atoms with Crippen molar-refractivity contribution in [3.05, 3.63) is 50.9 Å². The minimum Gasteiger partial charge on any atom is -0.399 e. The van der Waals surface area contributed by atoms with Gasteiger partial charge in [0, 0.05) is 20.1 Å². The molecule has 0 bridgehead atoms. The second-order valence-corrected chi connectivity index (χ2v) is 6.87. The Morgan fingerprint density at radius 3 is 2.71 bits per heavy atom. The average Bonchev–Trinajstić information content (AvgIpc) is 2.42. The van der Waals surface area contributed by atoms with E-state index in [9.17, 15) is 4.79 Å². The molecule has 3 nitrogen and oxygen atoms in total. The predicted molar refractivity (Wildman–Crippen MR) is 94.4 cm³/mol. The van der Waals surface area contributed by atoms with Gasteiger partial charge in [0.15, 0.2) is 0 Å². The van der Waals surface area contributed by atoms with Crippen LogP contribution in [0.1, 0.15) is 0 Å². The van der Waals surface area contributed by atoms with E-state index >= 15 is 0 Å². The molecule has 0 aliphatic rings. The van der Waals surface area contributed by atoms with Crippen molar-refractivity contribution in [1.29, 1.82) is 0 Å². The van der Waals surface area contributed by atoms with Crippen LogP contribution in [0.4, 0.5) is 11.4 Å². The van der Waals surface area contributed by atoms with Gasteiger partial charge in [-0.3, -0.25) is 4.79 Å². The Labute approximate surface area is 145 Å². The summed E-state index contributed by atoms with van der Waals surface area (Å²) in [4.78, 5) is 12.9. The van der Waals surface area contributed by atoms with Crippen molar-refractivity contribution in [3.8, 4) is 0 Å². The minimum atomic E-state index is -0.159. The Kier molecular flexibility index (Phi) is 5.81. The van der Waals surface area contributed by atoms with E-state index in [0.717, 1.165) is 9.37 Å². The Morgan fingerprint density at radius 1 is 1.24 bits per heavy atom. The highest BCUT2D eigenvalue weighted by Crippen LogP contribution is 2.30. The fraction of sp³-hybridized carbons (Fsp3) is 0.0714. The maximum absolute atomic E-state index is 12.0. The molecule has 0 atom stereocenters. The average molecular weight is 406 g/mol. The Morgan fingerprint density at radius 2 is 2.00 bits per heavy atom. The third-order valence-corrected chi connectivity index (χ3v) is 5.07. The highest BCUT2D eigenvalue weighted by atomic mass is 79.9. The number of nitrogens with two attached hydrogens (primary N) is 1. The summed E-state index contributed by atoms with van der Waals surface area (Å²) in [6.45, 7) is 0. The first-order valence-corrected chi connectivity index (χ1v) is 8.42. The van der Waals surface area contributed by atoms with Crippen LogP contribution >= 0.6 is 50.9 Å². The smallest absolute Gasteiger partial charge is 0.234 e. The zero-order valence-electron chi connectivity index (χ0n) is 10.7. The number of hydrogen-bond donors (Lipinski definition) is 2. The topological polar surface area (TPSA) is 55.1 Å². The maximum Gasteiger partial charge on any atom is 0.234 e. The molecule has 2 rings (SSSR count). The van der Waals surface area contributed by atoms with Crippen molar-refractivity contribution in [2.45, 2.75) is 4.90 Å². The van der Waals surface area contributed by atoms with Crippen LogP contribution in [0.3, 0.4) is 0 Å². The first-order valence-electron chi connectivity index (χ1n) is 5.88. The van der Waals surface area contributed by atoms with Crippen LogP contribution in [-0.4, -0.2) is 11.7 Å². The van der Waals surface area contributed by atoms with Gasteiger partial charge in [0.1, 0.15) is 0 Å². The molecule has 3 N–H and O–H groups in total. The van der Waals surface area contributed by atoms with Crippen LogP contribution in [-0.2, 0) is 4.79 Å². The quantitative estimate of drug-likeness (QED) is 0.551. The predicted octanol–water partition coefficient (Wildman–Crippen LogP) is 5.07. The van der Waals surface area contributed by atoms with E-state index in [4.69, 9.17) is 28.9 Å². The maximum atomic E-state index is 12.0. The molecule has 2 aromatic carbocycles. The number of carbonyl (C=O) groups excluding carboxylic acids is 1. The molecule has 21 heavy (non-hydrogen) atoms. The molecule has 0 saturated carbocycles. The molecule has 0 saturated heterocycles. The molecule has 0 aliphatic heterocycles. The molecular formula is C14H11BrCl2N2OS. The van der Waals surface area contributed by atoms with E-state index in [1.807, 2.05) is 6.07 Å². The van der Waals surface area contributed by atoms with Gasteiger partial charge in [0.25, 0.3) is 0 Å². The van der Waals surface area contributed by atoms with Gasteiger partial charge in [-0.05, 0) is 52.3 Å². The monoisotopic (exact) mass is 404 g/mol. The number of nitrogens with one attached hydrogen (secondary N) is 1. The zero-order chi connectivity index (χ0) is 15.4. The Hall–Kier alpha value is -0.880. The van der Waals surface area contributed by atoms with Gasteiger partial charge >= 0.3 is 0 Å². The molecule has 2 aromatic rings. The summed E-state index contributed by atoms with van der Waals surface area (Å²) in [5.41, 5.74) is 6.84. The molecule has 0 spiro atoms. The SMILES string of the molecule is Nc1ccc(SCC(=O)Nc2cc(Cl)ccc2Cl)c(Br)c1. The summed E-state index contributed by atoms with van der Waals surface area (Å²) < 4.78 is 0.862. The molecule has 0 heterocycles. The standard InChI is InChI=1S/C14H11BrCl2N2OS/c15-10-6-9(18)2-4-13(10)21-7-14(20)19-12-5-8(16)1-3-11(12)17/h1-6H,7,18H2,(H,19,20). The molecule has 0 aromatic heterocycles. The number of amides is 1. The lowest BCUT2D eigenvalue weighted by molar-refractivity contribution is -0.113. The van der Waals surface area contributed by atoms with E-state index in [-0.39, 0.29) is 11.7 Å². The number of hydrogen-bond acceptors (Lipinski definition) is 3. The number of halogens is 3. The molecular weight excluding hydrogens is 395 g/mol. The van der Waals surface area contributed by atoms with Crippen molar-refractivity contribution < 1.29 is 4.79 Å². The van der Waals surface area contributed by atoms with Crippen LogP contribution in [0.2, 0.25) is 10.0 Å². The van der Waals surface area contributed by atoms with E-state index in [2.05, 4.69) is 21.2 Å². The largest absolute Gasteiger partial charge is 0.399 e. The number of rotatable bonds is 4. The van der Waals surface area contributed by atoms with Crippen molar-refractivity contribution in [1.82, 2.24) is 0 Å². The lowest BCUT2D eigenvalue weighted by atomic mass is 10.3. The number of nitrogen functional groups attached to an aromatic ring is 1. The summed E-state index contributed by atoms with van der Waals surface area (Å²) >= 11 is 16.7. The van der Waals surface area contributed by atoms with Gasteiger partial charge in [0.2, 0.25) is 5.91 Å². The Bertz CT molecular complexity index is 682. The van der Waals surface area contributed by atoms with Crippen molar-refractivity contribution in [2.75, 3.05) is 16.8 Å². The van der Waals surface area contributed by atoms with Crippen LogP contribution in [0.15, 0.2) is 45.8 Å². The van der Waals surface area contributed by atoms with Gasteiger partial charge in [-0.25, -0.2) is 0 Å². The molecule has 7 heteroatoms. The summed E-state index contributed by atoms with van der Waals surface area (Å²) in [5, 5.41) is 3.70. The number of benzene rings is 2. The number of anilines is 2. The summed E-state index contributed by atoms with van der Waals surface area (Å²) in [7, 11) is 0. The van der Waals surface area contributed by atoms with Gasteiger partial charge in [0.05, 0.1) is 16.5 Å². The fourth-order valence-electron chi connectivity index (χ4n) is 1.56. The van der Waals surface area contributed by atoms with E-state index in [0.29, 0.717) is 21.4 Å². The lowest BCUT2D eigenvalue weighted by Gasteiger charge is -2.08. The molecule has 0 aliphatic carbocycles. The van der Waals surface area contributed by atoms with Crippen molar-refractivity contribution >= 4 is 68.2 Å². The summed E-state index contributed by atoms with van der Waals surface area (Å²) in [5.74, 6) is 0.0960. The van der Waals surface area contributed by atoms with E-state index < -0.39 is 0 Å². The first kappa shape index (κ1) is 16.5. The lowest BCUT2D eigenvalue weighted by Crippen LogP contribution is -2.14. The second-order valence-electron chi connectivity index (χ2n) is 4.15. The van der Waals surface area contributed by atoms with E-state index in [1.165, 1.54) is 11.8 Å². The third-order valence-electron chi connectivity index (χ3n) is 2.52. The van der Waals surface area contributed by atoms with Gasteiger partial charge in [-0.2, -0.15) is 0 Å². The van der Waals surface area contributed by atoms with E-state index in [1.54, 1.807) is 30.3 Å². The molecule has 1 amide bonds. The molecule has 110 valence electrons. The first-order chi connectivity index (χ1) is 9.95. The molecule has 0 fully saturated rings. The zero-order valence-corrected chi connectivity index (χ0v) is 14.6. The van der Waals surface area contributed by atoms with Crippen LogP contribution in [0, 0.1) is 0 Å². The normalized spacial score (nSPS) is 10.4. The molecule has 0 radical (unpaired) electrons. The Balaban J connectivity index is 1.97. The number of carbonyl (C=O) groups is 1.